The minimum atomic E-state index is -0.00488. The maximum absolute atomic E-state index is 6.09. The zero-order chi connectivity index (χ0) is 15.4. The lowest BCUT2D eigenvalue weighted by Crippen LogP contribution is -2.28. The highest BCUT2D eigenvalue weighted by Gasteiger charge is 2.16. The zero-order valence-corrected chi connectivity index (χ0v) is 13.3. The monoisotopic (exact) mass is 314 g/mol. The summed E-state index contributed by atoms with van der Waals surface area (Å²) in [5, 5.41) is 0. The van der Waals surface area contributed by atoms with E-state index in [0.29, 0.717) is 6.61 Å². The second-order valence-electron chi connectivity index (χ2n) is 5.27. The molecule has 2 aromatic rings. The molecule has 0 saturated carbocycles. The van der Waals surface area contributed by atoms with Crippen molar-refractivity contribution in [2.24, 2.45) is 0 Å². The molecule has 0 radical (unpaired) electrons. The van der Waals surface area contributed by atoms with Gasteiger partial charge in [0.1, 0.15) is 17.9 Å². The number of alkyl halides is 1. The molecule has 2 aromatic carbocycles. The van der Waals surface area contributed by atoms with Gasteiger partial charge in [0.2, 0.25) is 0 Å². The summed E-state index contributed by atoms with van der Waals surface area (Å²) in [4.78, 5) is 4.22. The Morgan fingerprint density at radius 1 is 1.05 bits per heavy atom. The van der Waals surface area contributed by atoms with E-state index in [0.717, 1.165) is 18.1 Å². The number of hydrogen-bond acceptors (Lipinski definition) is 3. The predicted octanol–water partition coefficient (Wildman–Crippen LogP) is 4.40. The maximum atomic E-state index is 6.09. The van der Waals surface area contributed by atoms with Crippen molar-refractivity contribution in [1.29, 1.82) is 0 Å². The summed E-state index contributed by atoms with van der Waals surface area (Å²) >= 11 is 6.09. The lowest BCUT2D eigenvalue weighted by molar-refractivity contribution is 0.306. The molecule has 0 aromatic heterocycles. The lowest BCUT2D eigenvalue weighted by Gasteiger charge is -2.23. The van der Waals surface area contributed by atoms with Gasteiger partial charge in [-0.25, -0.2) is 0 Å². The summed E-state index contributed by atoms with van der Waals surface area (Å²) < 4.78 is 5.80. The summed E-state index contributed by atoms with van der Waals surface area (Å²) in [5.74, 6) is 0.873. The molecule has 0 fully saturated rings. The molecule has 0 spiro atoms. The van der Waals surface area contributed by atoms with Crippen molar-refractivity contribution in [2.45, 2.75) is 19.0 Å². The van der Waals surface area contributed by atoms with E-state index in [9.17, 15) is 0 Å². The molecule has 3 rings (SSSR count). The quantitative estimate of drug-likeness (QED) is 0.601. The van der Waals surface area contributed by atoms with Crippen LogP contribution >= 0.6 is 11.6 Å². The molecule has 1 aliphatic rings. The second-order valence-corrected chi connectivity index (χ2v) is 5.90. The Bertz CT molecular complexity index is 625. The predicted molar refractivity (Wildman–Crippen MR) is 90.9 cm³/mol. The van der Waals surface area contributed by atoms with Crippen LogP contribution in [0.4, 0.5) is 5.69 Å². The number of nitrogens with zero attached hydrogens (tertiary/aromatic N) is 2. The van der Waals surface area contributed by atoms with Crippen LogP contribution in [-0.2, 0) is 6.61 Å². The van der Waals surface area contributed by atoms with E-state index < -0.39 is 0 Å². The number of ether oxygens (including phenoxy) is 1. The van der Waals surface area contributed by atoms with Crippen molar-refractivity contribution < 1.29 is 4.74 Å². The average Bonchev–Trinajstić information content (AvgIpc) is 3.05. The molecule has 3 nitrogen and oxygen atoms in total. The smallest absolute Gasteiger partial charge is 0.119 e. The minimum Gasteiger partial charge on any atom is -0.489 e. The van der Waals surface area contributed by atoms with Gasteiger partial charge in [0.15, 0.2) is 0 Å². The van der Waals surface area contributed by atoms with Crippen LogP contribution in [0.5, 0.6) is 5.75 Å². The van der Waals surface area contributed by atoms with E-state index in [1.807, 2.05) is 49.7 Å². The molecule has 0 saturated heterocycles. The number of rotatable bonds is 5. The maximum Gasteiger partial charge on any atom is 0.119 e. The molecule has 1 aliphatic heterocycles. The Labute approximate surface area is 136 Å². The van der Waals surface area contributed by atoms with Gasteiger partial charge in [-0.1, -0.05) is 41.9 Å². The van der Waals surface area contributed by atoms with E-state index >= 15 is 0 Å². The van der Waals surface area contributed by atoms with Crippen molar-refractivity contribution in [1.82, 2.24) is 4.90 Å². The summed E-state index contributed by atoms with van der Waals surface area (Å²) in [6, 6.07) is 18.3. The second kappa shape index (κ2) is 6.75. The number of benzene rings is 2. The lowest BCUT2D eigenvalue weighted by atomic mass is 10.2. The topological polar surface area (TPSA) is 15.7 Å². The standard InChI is InChI=1S/C18H19ClN2O/c1-15(19)20-11-12-21(14-20)17-7-9-18(10-8-17)22-13-16-5-3-2-4-6-16/h2-12,15H,13-14H2,1H3. The first-order valence-electron chi connectivity index (χ1n) is 7.34. The van der Waals surface area contributed by atoms with E-state index in [4.69, 9.17) is 16.3 Å². The van der Waals surface area contributed by atoms with Gasteiger partial charge in [0.25, 0.3) is 0 Å². The number of halogens is 1. The summed E-state index contributed by atoms with van der Waals surface area (Å²) in [6.07, 6.45) is 4.05. The van der Waals surface area contributed by atoms with Crippen LogP contribution in [-0.4, -0.2) is 17.1 Å². The van der Waals surface area contributed by atoms with Gasteiger partial charge in [0, 0.05) is 18.1 Å². The largest absolute Gasteiger partial charge is 0.489 e. The normalized spacial score (nSPS) is 15.2. The van der Waals surface area contributed by atoms with Crippen molar-refractivity contribution in [3.8, 4) is 5.75 Å². The highest BCUT2D eigenvalue weighted by molar-refractivity contribution is 6.20. The van der Waals surface area contributed by atoms with Gasteiger partial charge in [0.05, 0.1) is 6.67 Å². The van der Waals surface area contributed by atoms with Crippen molar-refractivity contribution in [3.05, 3.63) is 72.6 Å². The van der Waals surface area contributed by atoms with Crippen LogP contribution in [0.2, 0.25) is 0 Å². The van der Waals surface area contributed by atoms with Gasteiger partial charge in [-0.15, -0.1) is 0 Å². The van der Waals surface area contributed by atoms with Gasteiger partial charge in [-0.3, -0.25) is 0 Å². The molecule has 1 atom stereocenters. The average molecular weight is 315 g/mol. The molecule has 114 valence electrons. The first-order valence-corrected chi connectivity index (χ1v) is 7.77. The van der Waals surface area contributed by atoms with Crippen LogP contribution in [0, 0.1) is 0 Å². The third-order valence-electron chi connectivity index (χ3n) is 3.63. The van der Waals surface area contributed by atoms with Crippen molar-refractivity contribution in [3.63, 3.8) is 0 Å². The zero-order valence-electron chi connectivity index (χ0n) is 12.5. The van der Waals surface area contributed by atoms with Crippen LogP contribution in [0.3, 0.4) is 0 Å². The van der Waals surface area contributed by atoms with Gasteiger partial charge >= 0.3 is 0 Å². The third-order valence-corrected chi connectivity index (χ3v) is 3.88. The minimum absolute atomic E-state index is 0.00488. The fourth-order valence-corrected chi connectivity index (χ4v) is 2.44. The van der Waals surface area contributed by atoms with Crippen LogP contribution in [0.25, 0.3) is 0 Å². The van der Waals surface area contributed by atoms with Gasteiger partial charge in [-0.2, -0.15) is 0 Å². The molecular formula is C18H19ClN2O. The van der Waals surface area contributed by atoms with E-state index in [1.165, 1.54) is 5.56 Å². The Hall–Kier alpha value is -2.13. The van der Waals surface area contributed by atoms with Crippen LogP contribution in [0.15, 0.2) is 67.0 Å². The molecule has 0 amide bonds. The van der Waals surface area contributed by atoms with E-state index in [1.54, 1.807) is 0 Å². The van der Waals surface area contributed by atoms with Crippen LogP contribution < -0.4 is 9.64 Å². The SMILES string of the molecule is CC(Cl)N1C=CN(c2ccc(OCc3ccccc3)cc2)C1. The number of anilines is 1. The fraction of sp³-hybridized carbons (Fsp3) is 0.222. The molecular weight excluding hydrogens is 296 g/mol. The molecule has 0 aliphatic carbocycles. The molecule has 0 bridgehead atoms. The Balaban J connectivity index is 1.58. The molecule has 4 heteroatoms. The Morgan fingerprint density at radius 2 is 1.77 bits per heavy atom. The van der Waals surface area contributed by atoms with Crippen molar-refractivity contribution in [2.75, 3.05) is 11.6 Å². The third kappa shape index (κ3) is 3.55. The Kier molecular flexibility index (Phi) is 4.54. The summed E-state index contributed by atoms with van der Waals surface area (Å²) in [5.41, 5.74) is 2.29. The van der Waals surface area contributed by atoms with Gasteiger partial charge in [-0.05, 0) is 36.8 Å². The first kappa shape index (κ1) is 14.8. The van der Waals surface area contributed by atoms with E-state index in [2.05, 4.69) is 34.1 Å². The summed E-state index contributed by atoms with van der Waals surface area (Å²) in [7, 11) is 0. The fourth-order valence-electron chi connectivity index (χ4n) is 2.31. The van der Waals surface area contributed by atoms with Crippen molar-refractivity contribution >= 4 is 17.3 Å². The van der Waals surface area contributed by atoms with Gasteiger partial charge < -0.3 is 14.5 Å². The van der Waals surface area contributed by atoms with E-state index in [-0.39, 0.29) is 5.50 Å². The molecule has 1 unspecified atom stereocenters. The Morgan fingerprint density at radius 3 is 2.41 bits per heavy atom. The first-order chi connectivity index (χ1) is 10.7. The molecule has 1 heterocycles. The summed E-state index contributed by atoms with van der Waals surface area (Å²) in [6.45, 7) is 3.33. The number of hydrogen-bond donors (Lipinski definition) is 0. The molecule has 0 N–H and O–H groups in total. The highest BCUT2D eigenvalue weighted by atomic mass is 35.5. The molecule has 22 heavy (non-hydrogen) atoms. The van der Waals surface area contributed by atoms with Crippen LogP contribution in [0.1, 0.15) is 12.5 Å². The highest BCUT2D eigenvalue weighted by Crippen LogP contribution is 2.24.